The van der Waals surface area contributed by atoms with Gasteiger partial charge in [0, 0.05) is 40.0 Å². The normalized spacial score (nSPS) is 18.1. The maximum atomic E-state index is 10.5. The average molecular weight is 489 g/mol. The second-order valence-electron chi connectivity index (χ2n) is 10.5. The Balaban J connectivity index is 1.51. The molecule has 0 spiro atoms. The monoisotopic (exact) mass is 489 g/mol. The van der Waals surface area contributed by atoms with E-state index in [1.807, 2.05) is 29.9 Å². The molecule has 1 aliphatic heterocycles. The van der Waals surface area contributed by atoms with Gasteiger partial charge in [0.25, 0.3) is 0 Å². The molecule has 2 radical (unpaired) electrons. The van der Waals surface area contributed by atoms with Crippen molar-refractivity contribution in [2.24, 2.45) is 0 Å². The predicted octanol–water partition coefficient (Wildman–Crippen LogP) is 3.02. The molecule has 180 valence electrons. The maximum absolute atomic E-state index is 10.5. The number of benzene rings is 1. The van der Waals surface area contributed by atoms with Gasteiger partial charge in [0.05, 0.1) is 27.6 Å². The number of fused-ring (bicyclic) bond motifs is 1. The maximum Gasteiger partial charge on any atom is 0.190 e. The van der Waals surface area contributed by atoms with Gasteiger partial charge in [-0.3, -0.25) is 5.10 Å². The molecule has 9 nitrogen and oxygen atoms in total. The van der Waals surface area contributed by atoms with Crippen LogP contribution in [0.3, 0.4) is 0 Å². The van der Waals surface area contributed by atoms with E-state index in [1.165, 1.54) is 16.2 Å². The highest BCUT2D eigenvalue weighted by Crippen LogP contribution is 2.38. The Morgan fingerprint density at radius 2 is 1.77 bits per heavy atom. The molecule has 1 fully saturated rings. The van der Waals surface area contributed by atoms with Crippen molar-refractivity contribution in [1.29, 1.82) is 0 Å². The molecule has 1 aliphatic rings. The van der Waals surface area contributed by atoms with Gasteiger partial charge in [-0.25, -0.2) is 4.98 Å². The largest absolute Gasteiger partial charge is 0.358 e. The van der Waals surface area contributed by atoms with Crippen LogP contribution in [0.5, 0.6) is 0 Å². The minimum Gasteiger partial charge on any atom is -0.358 e. The van der Waals surface area contributed by atoms with Gasteiger partial charge in [-0.1, -0.05) is 12.1 Å². The molecule has 11 heteroatoms. The van der Waals surface area contributed by atoms with Crippen LogP contribution in [0, 0.1) is 0 Å². The summed E-state index contributed by atoms with van der Waals surface area (Å²) >= 11 is 1.53. The zero-order valence-electron chi connectivity index (χ0n) is 20.1. The lowest BCUT2D eigenvalue weighted by atomic mass is 9.78. The van der Waals surface area contributed by atoms with Crippen molar-refractivity contribution < 1.29 is 10.2 Å². The summed E-state index contributed by atoms with van der Waals surface area (Å²) in [6.07, 6.45) is 4.90. The Morgan fingerprint density at radius 1 is 1.06 bits per heavy atom. The third kappa shape index (κ3) is 4.69. The SMILES string of the molecule is [B]C(O)(O)N(c1ccc(-c2ccc(-c3cn[nH]c3)c3ncsc23)nn1)C1CC(C)(C)NC(C)(C)C1. The summed E-state index contributed by atoms with van der Waals surface area (Å²) in [4.78, 5) is 5.92. The summed E-state index contributed by atoms with van der Waals surface area (Å²) in [6, 6.07) is 7.28. The zero-order chi connectivity index (χ0) is 25.0. The molecule has 0 amide bonds. The molecule has 0 aliphatic carbocycles. The Labute approximate surface area is 209 Å². The summed E-state index contributed by atoms with van der Waals surface area (Å²) in [6.45, 7) is 8.37. The van der Waals surface area contributed by atoms with Crippen LogP contribution >= 0.6 is 11.3 Å². The number of aliphatic hydroxyl groups is 2. The van der Waals surface area contributed by atoms with Gasteiger partial charge in [-0.05, 0) is 52.7 Å². The number of rotatable bonds is 5. The first-order valence-electron chi connectivity index (χ1n) is 11.5. The number of hydrogen-bond acceptors (Lipinski definition) is 9. The van der Waals surface area contributed by atoms with Gasteiger partial charge in [0.15, 0.2) is 19.5 Å². The second kappa shape index (κ2) is 8.37. The fraction of sp³-hybridized carbons (Fsp3) is 0.417. The van der Waals surface area contributed by atoms with Crippen molar-refractivity contribution in [3.05, 3.63) is 42.2 Å². The highest BCUT2D eigenvalue weighted by Gasteiger charge is 2.44. The van der Waals surface area contributed by atoms with Gasteiger partial charge in [0.1, 0.15) is 0 Å². The summed E-state index contributed by atoms with van der Waals surface area (Å²) < 4.78 is 0.988. The van der Waals surface area contributed by atoms with Gasteiger partial charge in [0.2, 0.25) is 0 Å². The van der Waals surface area contributed by atoms with Gasteiger partial charge in [-0.2, -0.15) is 5.10 Å². The van der Waals surface area contributed by atoms with Crippen LogP contribution in [0.1, 0.15) is 40.5 Å². The van der Waals surface area contributed by atoms with Crippen molar-refractivity contribution in [3.63, 3.8) is 0 Å². The van der Waals surface area contributed by atoms with Crippen molar-refractivity contribution in [1.82, 2.24) is 30.7 Å². The Kier molecular flexibility index (Phi) is 5.71. The number of anilines is 1. The predicted molar refractivity (Wildman–Crippen MR) is 138 cm³/mol. The van der Waals surface area contributed by atoms with Crippen LogP contribution in [-0.4, -0.2) is 66.4 Å². The van der Waals surface area contributed by atoms with E-state index in [9.17, 15) is 10.2 Å². The van der Waals surface area contributed by atoms with Crippen molar-refractivity contribution in [2.45, 2.75) is 63.5 Å². The second-order valence-corrected chi connectivity index (χ2v) is 11.3. The van der Waals surface area contributed by atoms with Crippen LogP contribution in [0.2, 0.25) is 0 Å². The van der Waals surface area contributed by atoms with Gasteiger partial charge in [-0.15, -0.1) is 21.5 Å². The number of nitrogens with one attached hydrogen (secondary N) is 2. The van der Waals surface area contributed by atoms with Gasteiger partial charge >= 0.3 is 0 Å². The topological polar surface area (TPSA) is 123 Å². The van der Waals surface area contributed by atoms with Crippen LogP contribution in [0.15, 0.2) is 42.2 Å². The van der Waals surface area contributed by atoms with E-state index >= 15 is 0 Å². The number of aromatic nitrogens is 5. The first-order valence-corrected chi connectivity index (χ1v) is 12.3. The first kappa shape index (κ1) is 23.9. The van der Waals surface area contributed by atoms with Crippen molar-refractivity contribution >= 4 is 35.2 Å². The van der Waals surface area contributed by atoms with E-state index in [-0.39, 0.29) is 17.1 Å². The summed E-state index contributed by atoms with van der Waals surface area (Å²) in [5.74, 6) is -2.28. The summed E-state index contributed by atoms with van der Waals surface area (Å²) in [5, 5.41) is 40.3. The Morgan fingerprint density at radius 3 is 2.37 bits per heavy atom. The van der Waals surface area contributed by atoms with E-state index < -0.39 is 5.81 Å². The first-order chi connectivity index (χ1) is 16.4. The van der Waals surface area contributed by atoms with Crippen LogP contribution < -0.4 is 10.2 Å². The number of hydrogen-bond donors (Lipinski definition) is 4. The number of H-pyrrole nitrogens is 1. The van der Waals surface area contributed by atoms with E-state index in [4.69, 9.17) is 7.85 Å². The minimum atomic E-state index is -2.58. The third-order valence-electron chi connectivity index (χ3n) is 6.35. The zero-order valence-corrected chi connectivity index (χ0v) is 21.0. The molecular weight excluding hydrogens is 461 g/mol. The number of nitrogens with zero attached hydrogens (tertiary/aromatic N) is 5. The highest BCUT2D eigenvalue weighted by molar-refractivity contribution is 7.17. The fourth-order valence-electron chi connectivity index (χ4n) is 5.46. The van der Waals surface area contributed by atoms with Crippen LogP contribution in [0.25, 0.3) is 32.6 Å². The van der Waals surface area contributed by atoms with Crippen LogP contribution in [0.4, 0.5) is 5.82 Å². The number of piperidine rings is 1. The Hall–Kier alpha value is -2.86. The quantitative estimate of drug-likeness (QED) is 0.249. The fourth-order valence-corrected chi connectivity index (χ4v) is 6.29. The number of thiazole rings is 1. The van der Waals surface area contributed by atoms with E-state index in [1.54, 1.807) is 12.3 Å². The summed E-state index contributed by atoms with van der Waals surface area (Å²) in [7, 11) is 5.83. The molecular formula is C24H28BN7O2S. The van der Waals surface area contributed by atoms with Crippen molar-refractivity contribution in [2.75, 3.05) is 4.90 Å². The third-order valence-corrected chi connectivity index (χ3v) is 7.21. The summed E-state index contributed by atoms with van der Waals surface area (Å²) in [5.41, 5.74) is 5.73. The molecule has 4 heterocycles. The molecule has 35 heavy (non-hydrogen) atoms. The Bertz CT molecular complexity index is 1310. The van der Waals surface area contributed by atoms with E-state index in [2.05, 4.69) is 58.4 Å². The van der Waals surface area contributed by atoms with E-state index in [0.717, 1.165) is 26.9 Å². The van der Waals surface area contributed by atoms with Gasteiger partial charge < -0.3 is 20.4 Å². The molecule has 5 rings (SSSR count). The molecule has 0 atom stereocenters. The molecule has 0 bridgehead atoms. The standard InChI is InChI=1S/C24H28BN7O2S/c1-22(2)9-15(10-23(3,4)31-22)32(24(25,33)34)19-8-7-18(29-30-19)17-6-5-16(14-11-27-28-12-14)20-21(17)35-13-26-20/h5-8,11-13,15,31,33-34H,9-10H2,1-4H3,(H,27,28). The lowest BCUT2D eigenvalue weighted by Gasteiger charge is -2.52. The highest BCUT2D eigenvalue weighted by atomic mass is 32.1. The molecule has 4 N–H and O–H groups in total. The molecule has 0 saturated carbocycles. The average Bonchev–Trinajstić information content (AvgIpc) is 3.43. The smallest absolute Gasteiger partial charge is 0.190 e. The lowest BCUT2D eigenvalue weighted by Crippen LogP contribution is -2.66. The number of aromatic amines is 1. The lowest BCUT2D eigenvalue weighted by molar-refractivity contribution is -0.0964. The minimum absolute atomic E-state index is 0.224. The molecule has 3 aromatic heterocycles. The molecule has 4 aromatic rings. The van der Waals surface area contributed by atoms with Crippen LogP contribution in [-0.2, 0) is 0 Å². The molecule has 1 saturated heterocycles. The molecule has 0 unspecified atom stereocenters. The van der Waals surface area contributed by atoms with E-state index in [0.29, 0.717) is 24.4 Å². The molecule has 1 aromatic carbocycles. The van der Waals surface area contributed by atoms with Crippen molar-refractivity contribution in [3.8, 4) is 22.4 Å².